The van der Waals surface area contributed by atoms with Crippen LogP contribution < -0.4 is 10.2 Å². The molecule has 0 aliphatic heterocycles. The first-order valence-electron chi connectivity index (χ1n) is 6.77. The molecule has 0 bridgehead atoms. The van der Waals surface area contributed by atoms with E-state index < -0.39 is 15.9 Å². The van der Waals surface area contributed by atoms with Gasteiger partial charge in [-0.1, -0.05) is 42.5 Å². The van der Waals surface area contributed by atoms with Gasteiger partial charge in [0.05, 0.1) is 4.90 Å². The zero-order chi connectivity index (χ0) is 16.7. The van der Waals surface area contributed by atoms with Gasteiger partial charge in [-0.25, -0.2) is 18.6 Å². The zero-order valence-electron chi connectivity index (χ0n) is 12.1. The molecule has 0 spiro atoms. The molecular weight excluding hydrogens is 316 g/mol. The van der Waals surface area contributed by atoms with Crippen molar-refractivity contribution in [2.75, 3.05) is 0 Å². The molecular formula is C16H16N2O4S. The van der Waals surface area contributed by atoms with Crippen molar-refractivity contribution in [3.63, 3.8) is 0 Å². The number of amides is 1. The molecule has 0 atom stereocenters. The lowest BCUT2D eigenvalue weighted by Crippen LogP contribution is -2.23. The summed E-state index contributed by atoms with van der Waals surface area (Å²) in [5.41, 5.74) is 2.97. The predicted octanol–water partition coefficient (Wildman–Crippen LogP) is 1.68. The Labute approximate surface area is 134 Å². The number of carbonyl (C=O) groups excluding carboxylic acids is 1. The Kier molecular flexibility index (Phi) is 5.64. The van der Waals surface area contributed by atoms with E-state index in [1.165, 1.54) is 23.7 Å². The van der Waals surface area contributed by atoms with Gasteiger partial charge in [0, 0.05) is 12.6 Å². The van der Waals surface area contributed by atoms with Gasteiger partial charge in [0.25, 0.3) is 5.91 Å². The van der Waals surface area contributed by atoms with Gasteiger partial charge in [0.1, 0.15) is 0 Å². The van der Waals surface area contributed by atoms with E-state index in [-0.39, 0.29) is 11.4 Å². The lowest BCUT2D eigenvalue weighted by Gasteiger charge is -2.07. The van der Waals surface area contributed by atoms with Crippen LogP contribution in [0.3, 0.4) is 0 Å². The summed E-state index contributed by atoms with van der Waals surface area (Å²) in [5, 5.41) is 8.38. The Morgan fingerprint density at radius 2 is 1.70 bits per heavy atom. The van der Waals surface area contributed by atoms with Gasteiger partial charge in [-0.3, -0.25) is 10.0 Å². The zero-order valence-corrected chi connectivity index (χ0v) is 13.0. The summed E-state index contributed by atoms with van der Waals surface area (Å²) >= 11 is 0. The Bertz CT molecular complexity index is 785. The maximum absolute atomic E-state index is 12.2. The lowest BCUT2D eigenvalue weighted by molar-refractivity contribution is -0.124. The highest BCUT2D eigenvalue weighted by Crippen LogP contribution is 2.12. The minimum Gasteiger partial charge on any atom is -0.288 e. The second kappa shape index (κ2) is 7.68. The average Bonchev–Trinajstić information content (AvgIpc) is 2.59. The van der Waals surface area contributed by atoms with Crippen LogP contribution in [0.25, 0.3) is 6.08 Å². The highest BCUT2D eigenvalue weighted by atomic mass is 32.2. The molecule has 0 aliphatic rings. The van der Waals surface area contributed by atoms with Crippen LogP contribution in [0.1, 0.15) is 11.1 Å². The first kappa shape index (κ1) is 16.9. The van der Waals surface area contributed by atoms with E-state index in [0.717, 1.165) is 11.6 Å². The van der Waals surface area contributed by atoms with Crippen LogP contribution in [0, 0.1) is 0 Å². The average molecular weight is 332 g/mol. The third-order valence-electron chi connectivity index (χ3n) is 3.04. The standard InChI is InChI=1S/C16H16N2O4S/c19-16(18-20)11-8-13-6-9-15(10-7-13)23(21,22)17-12-14-4-2-1-3-5-14/h1-11,17,20H,12H2,(H,18,19)/b11-8+. The lowest BCUT2D eigenvalue weighted by atomic mass is 10.2. The largest absolute Gasteiger partial charge is 0.288 e. The molecule has 0 radical (unpaired) electrons. The van der Waals surface area contributed by atoms with Crippen molar-refractivity contribution in [3.05, 3.63) is 71.8 Å². The van der Waals surface area contributed by atoms with Gasteiger partial charge >= 0.3 is 0 Å². The molecule has 23 heavy (non-hydrogen) atoms. The second-order valence-corrected chi connectivity index (χ2v) is 6.46. The van der Waals surface area contributed by atoms with E-state index in [1.807, 2.05) is 30.3 Å². The maximum Gasteiger partial charge on any atom is 0.267 e. The van der Waals surface area contributed by atoms with Gasteiger partial charge in [-0.05, 0) is 29.3 Å². The van der Waals surface area contributed by atoms with Crippen molar-refractivity contribution in [2.24, 2.45) is 0 Å². The monoisotopic (exact) mass is 332 g/mol. The molecule has 2 rings (SSSR count). The molecule has 1 amide bonds. The molecule has 0 aliphatic carbocycles. The van der Waals surface area contributed by atoms with Crippen molar-refractivity contribution >= 4 is 22.0 Å². The number of benzene rings is 2. The van der Waals surface area contributed by atoms with E-state index in [4.69, 9.17) is 5.21 Å². The van der Waals surface area contributed by atoms with Gasteiger partial charge < -0.3 is 0 Å². The Hall–Kier alpha value is -2.48. The Morgan fingerprint density at radius 3 is 2.30 bits per heavy atom. The van der Waals surface area contributed by atoms with Crippen molar-refractivity contribution in [3.8, 4) is 0 Å². The maximum atomic E-state index is 12.2. The van der Waals surface area contributed by atoms with Crippen molar-refractivity contribution in [1.29, 1.82) is 0 Å². The number of carbonyl (C=O) groups is 1. The van der Waals surface area contributed by atoms with Gasteiger partial charge in [-0.2, -0.15) is 0 Å². The molecule has 0 unspecified atom stereocenters. The van der Waals surface area contributed by atoms with Crippen molar-refractivity contribution < 1.29 is 18.4 Å². The van der Waals surface area contributed by atoms with Crippen LogP contribution in [0.15, 0.2) is 65.6 Å². The smallest absolute Gasteiger partial charge is 0.267 e. The summed E-state index contributed by atoms with van der Waals surface area (Å²) in [7, 11) is -3.60. The number of hydroxylamine groups is 1. The van der Waals surface area contributed by atoms with E-state index in [9.17, 15) is 13.2 Å². The highest BCUT2D eigenvalue weighted by Gasteiger charge is 2.13. The fraction of sp³-hybridized carbons (Fsp3) is 0.0625. The highest BCUT2D eigenvalue weighted by molar-refractivity contribution is 7.89. The molecule has 0 fully saturated rings. The van der Waals surface area contributed by atoms with Gasteiger partial charge in [0.15, 0.2) is 0 Å². The topological polar surface area (TPSA) is 95.5 Å². The first-order chi connectivity index (χ1) is 11.0. The first-order valence-corrected chi connectivity index (χ1v) is 8.25. The Morgan fingerprint density at radius 1 is 1.04 bits per heavy atom. The summed E-state index contributed by atoms with van der Waals surface area (Å²) in [6, 6.07) is 15.2. The Balaban J connectivity index is 2.05. The normalized spacial score (nSPS) is 11.5. The van der Waals surface area contributed by atoms with E-state index in [2.05, 4.69) is 4.72 Å². The molecule has 7 heteroatoms. The molecule has 2 aromatic rings. The van der Waals surface area contributed by atoms with Crippen LogP contribution in [-0.4, -0.2) is 19.5 Å². The molecule has 0 saturated carbocycles. The van der Waals surface area contributed by atoms with Crippen molar-refractivity contribution in [1.82, 2.24) is 10.2 Å². The number of hydrogen-bond acceptors (Lipinski definition) is 4. The number of hydrogen-bond donors (Lipinski definition) is 3. The quantitative estimate of drug-likeness (QED) is 0.426. The van der Waals surface area contributed by atoms with Gasteiger partial charge in [-0.15, -0.1) is 0 Å². The van der Waals surface area contributed by atoms with Gasteiger partial charge in [0.2, 0.25) is 10.0 Å². The fourth-order valence-corrected chi connectivity index (χ4v) is 2.84. The summed E-state index contributed by atoms with van der Waals surface area (Å²) < 4.78 is 26.9. The third kappa shape index (κ3) is 5.03. The van der Waals surface area contributed by atoms with Crippen LogP contribution in [-0.2, 0) is 21.4 Å². The van der Waals surface area contributed by atoms with Crippen LogP contribution >= 0.6 is 0 Å². The molecule has 120 valence electrons. The summed E-state index contributed by atoms with van der Waals surface area (Å²) in [6.45, 7) is 0.210. The molecule has 0 heterocycles. The molecule has 2 aromatic carbocycles. The minimum absolute atomic E-state index is 0.136. The van der Waals surface area contributed by atoms with Crippen LogP contribution in [0.4, 0.5) is 0 Å². The fourth-order valence-electron chi connectivity index (χ4n) is 1.82. The SMILES string of the molecule is O=C(/C=C/c1ccc(S(=O)(=O)NCc2ccccc2)cc1)NO. The third-order valence-corrected chi connectivity index (χ3v) is 4.45. The molecule has 6 nitrogen and oxygen atoms in total. The van der Waals surface area contributed by atoms with E-state index >= 15 is 0 Å². The summed E-state index contributed by atoms with van der Waals surface area (Å²) in [5.74, 6) is -0.661. The molecule has 0 saturated heterocycles. The van der Waals surface area contributed by atoms with Crippen molar-refractivity contribution in [2.45, 2.75) is 11.4 Å². The number of rotatable bonds is 6. The molecule has 3 N–H and O–H groups in total. The molecule has 0 aromatic heterocycles. The van der Waals surface area contributed by atoms with Crippen LogP contribution in [0.2, 0.25) is 0 Å². The summed E-state index contributed by atoms with van der Waals surface area (Å²) in [4.78, 5) is 11.0. The van der Waals surface area contributed by atoms with Crippen LogP contribution in [0.5, 0.6) is 0 Å². The number of nitrogens with one attached hydrogen (secondary N) is 2. The second-order valence-electron chi connectivity index (χ2n) is 4.69. The predicted molar refractivity (Wildman–Crippen MR) is 85.9 cm³/mol. The number of sulfonamides is 1. The van der Waals surface area contributed by atoms with E-state index in [1.54, 1.807) is 12.1 Å². The summed E-state index contributed by atoms with van der Waals surface area (Å²) in [6.07, 6.45) is 2.59. The minimum atomic E-state index is -3.60. The van der Waals surface area contributed by atoms with E-state index in [0.29, 0.717) is 5.56 Å².